The van der Waals surface area contributed by atoms with E-state index in [0.717, 1.165) is 24.8 Å². The molecule has 2 aromatic carbocycles. The minimum absolute atomic E-state index is 0.0384. The molecule has 0 spiro atoms. The van der Waals surface area contributed by atoms with Gasteiger partial charge in [-0.25, -0.2) is 8.42 Å². The summed E-state index contributed by atoms with van der Waals surface area (Å²) in [7, 11) is -3.52. The molecule has 0 bridgehead atoms. The molecule has 1 aliphatic carbocycles. The zero-order valence-corrected chi connectivity index (χ0v) is 20.8. The Bertz CT molecular complexity index is 1130. The lowest BCUT2D eigenvalue weighted by Crippen LogP contribution is -2.33. The molecule has 34 heavy (non-hydrogen) atoms. The lowest BCUT2D eigenvalue weighted by Gasteiger charge is -2.25. The first-order chi connectivity index (χ1) is 16.3. The molecular formula is C26H34N2O5S. The molecule has 184 valence electrons. The molecule has 0 saturated carbocycles. The maximum Gasteiger partial charge on any atom is 0.232 e. The zero-order chi connectivity index (χ0) is 24.1. The van der Waals surface area contributed by atoms with Gasteiger partial charge >= 0.3 is 0 Å². The van der Waals surface area contributed by atoms with Gasteiger partial charge < -0.3 is 14.8 Å². The van der Waals surface area contributed by atoms with Crippen molar-refractivity contribution < 1.29 is 22.7 Å². The Morgan fingerprint density at radius 3 is 2.50 bits per heavy atom. The second kappa shape index (κ2) is 10.7. The topological polar surface area (TPSA) is 84.9 Å². The molecule has 4 rings (SSSR count). The summed E-state index contributed by atoms with van der Waals surface area (Å²) in [5, 5.41) is 3.14. The largest absolute Gasteiger partial charge is 0.486 e. The van der Waals surface area contributed by atoms with Crippen LogP contribution in [0.1, 0.15) is 61.8 Å². The van der Waals surface area contributed by atoms with Crippen LogP contribution in [-0.2, 0) is 27.7 Å². The molecule has 2 aromatic rings. The van der Waals surface area contributed by atoms with Crippen molar-refractivity contribution in [3.8, 4) is 11.5 Å². The number of amides is 1. The summed E-state index contributed by atoms with van der Waals surface area (Å²) in [6.07, 6.45) is 7.35. The number of aryl methyl sites for hydroxylation is 2. The number of benzene rings is 2. The third-order valence-electron chi connectivity index (χ3n) is 6.50. The quantitative estimate of drug-likeness (QED) is 0.576. The Labute approximate surface area is 202 Å². The number of carbonyl (C=O) groups is 1. The van der Waals surface area contributed by atoms with Gasteiger partial charge in [0.15, 0.2) is 11.5 Å². The lowest BCUT2D eigenvalue weighted by atomic mass is 9.89. The molecule has 1 N–H and O–H groups in total. The maximum absolute atomic E-state index is 12.7. The van der Waals surface area contributed by atoms with Gasteiger partial charge in [-0.1, -0.05) is 25.1 Å². The summed E-state index contributed by atoms with van der Waals surface area (Å²) in [6, 6.07) is 11.6. The number of hydrogen-bond acceptors (Lipinski definition) is 5. The van der Waals surface area contributed by atoms with Crippen molar-refractivity contribution in [2.24, 2.45) is 0 Å². The molecule has 1 heterocycles. The summed E-state index contributed by atoms with van der Waals surface area (Å²) in [6.45, 7) is 3.18. The van der Waals surface area contributed by atoms with Crippen LogP contribution in [0.15, 0.2) is 36.4 Å². The van der Waals surface area contributed by atoms with Crippen LogP contribution in [0, 0.1) is 0 Å². The molecular weight excluding hydrogens is 452 g/mol. The Morgan fingerprint density at radius 1 is 1.03 bits per heavy atom. The van der Waals surface area contributed by atoms with E-state index in [4.69, 9.17) is 9.47 Å². The van der Waals surface area contributed by atoms with E-state index in [1.165, 1.54) is 34.5 Å². The van der Waals surface area contributed by atoms with E-state index in [1.54, 1.807) is 18.2 Å². The monoisotopic (exact) mass is 486 g/mol. The third kappa shape index (κ3) is 5.84. The average Bonchev–Trinajstić information content (AvgIpc) is 2.84. The van der Waals surface area contributed by atoms with E-state index in [9.17, 15) is 13.2 Å². The van der Waals surface area contributed by atoms with E-state index >= 15 is 0 Å². The van der Waals surface area contributed by atoms with Gasteiger partial charge in [0.05, 0.1) is 18.0 Å². The molecule has 1 atom stereocenters. The number of nitrogens with one attached hydrogen (secondary N) is 1. The summed E-state index contributed by atoms with van der Waals surface area (Å²) in [5.74, 6) is 1.07. The van der Waals surface area contributed by atoms with Crippen LogP contribution in [0.25, 0.3) is 0 Å². The van der Waals surface area contributed by atoms with Crippen molar-refractivity contribution in [2.45, 2.75) is 57.9 Å². The van der Waals surface area contributed by atoms with Crippen LogP contribution >= 0.6 is 0 Å². The van der Waals surface area contributed by atoms with Crippen molar-refractivity contribution in [1.29, 1.82) is 0 Å². The Hall–Kier alpha value is -2.74. The van der Waals surface area contributed by atoms with Crippen molar-refractivity contribution in [3.63, 3.8) is 0 Å². The first kappa shape index (κ1) is 24.4. The Morgan fingerprint density at radius 2 is 1.76 bits per heavy atom. The molecule has 0 radical (unpaired) electrons. The number of hydrogen-bond donors (Lipinski definition) is 1. The highest BCUT2D eigenvalue weighted by Crippen LogP contribution is 2.35. The number of ether oxygens (including phenoxy) is 2. The number of rotatable bonds is 9. The van der Waals surface area contributed by atoms with Crippen LogP contribution in [0.2, 0.25) is 0 Å². The summed E-state index contributed by atoms with van der Waals surface area (Å²) >= 11 is 0. The van der Waals surface area contributed by atoms with Crippen LogP contribution in [0.3, 0.4) is 0 Å². The molecule has 0 aromatic heterocycles. The minimum Gasteiger partial charge on any atom is -0.486 e. The van der Waals surface area contributed by atoms with E-state index < -0.39 is 10.0 Å². The molecule has 7 nitrogen and oxygen atoms in total. The standard InChI is InChI=1S/C26H34N2O5S/c1-3-23(21-11-10-19-7-4-5-8-20(19)17-21)27-26(29)9-6-14-28(34(2,30)31)22-12-13-24-25(18-22)33-16-15-32-24/h10-13,17-18,23H,3-9,14-16H2,1-2H3,(H,27,29)/t23-/m0/s1. The van der Waals surface area contributed by atoms with E-state index in [2.05, 4.69) is 30.4 Å². The van der Waals surface area contributed by atoms with Crippen molar-refractivity contribution in [2.75, 3.05) is 30.3 Å². The molecule has 0 unspecified atom stereocenters. The fraction of sp³-hybridized carbons (Fsp3) is 0.500. The minimum atomic E-state index is -3.52. The molecule has 8 heteroatoms. The first-order valence-electron chi connectivity index (χ1n) is 12.1. The van der Waals surface area contributed by atoms with Gasteiger partial charge in [-0.15, -0.1) is 0 Å². The second-order valence-corrected chi connectivity index (χ2v) is 10.9. The highest BCUT2D eigenvalue weighted by molar-refractivity contribution is 7.92. The van der Waals surface area contributed by atoms with Crippen LogP contribution in [0.4, 0.5) is 5.69 Å². The number of anilines is 1. The van der Waals surface area contributed by atoms with Crippen molar-refractivity contribution >= 4 is 21.6 Å². The van der Waals surface area contributed by atoms with Crippen molar-refractivity contribution in [1.82, 2.24) is 5.32 Å². The van der Waals surface area contributed by atoms with Gasteiger partial charge in [-0.05, 0) is 67.3 Å². The number of nitrogens with zero attached hydrogens (tertiary/aromatic N) is 1. The van der Waals surface area contributed by atoms with Gasteiger partial charge in [0.2, 0.25) is 15.9 Å². The summed E-state index contributed by atoms with van der Waals surface area (Å²) < 4.78 is 37.3. The van der Waals surface area contributed by atoms with Gasteiger partial charge in [-0.3, -0.25) is 9.10 Å². The summed E-state index contributed by atoms with van der Waals surface area (Å²) in [4.78, 5) is 12.7. The lowest BCUT2D eigenvalue weighted by molar-refractivity contribution is -0.121. The van der Waals surface area contributed by atoms with Crippen LogP contribution < -0.4 is 19.1 Å². The van der Waals surface area contributed by atoms with Gasteiger partial charge in [0, 0.05) is 19.0 Å². The average molecular weight is 487 g/mol. The Balaban J connectivity index is 1.36. The number of carbonyl (C=O) groups excluding carboxylic acids is 1. The molecule has 0 fully saturated rings. The van der Waals surface area contributed by atoms with E-state index in [1.807, 2.05) is 0 Å². The van der Waals surface area contributed by atoms with Gasteiger partial charge in [0.25, 0.3) is 0 Å². The highest BCUT2D eigenvalue weighted by Gasteiger charge is 2.22. The number of sulfonamides is 1. The highest BCUT2D eigenvalue weighted by atomic mass is 32.2. The third-order valence-corrected chi connectivity index (χ3v) is 7.69. The molecule has 0 saturated heterocycles. The normalized spacial score (nSPS) is 15.8. The van der Waals surface area contributed by atoms with Gasteiger partial charge in [-0.2, -0.15) is 0 Å². The Kier molecular flexibility index (Phi) is 7.66. The van der Waals surface area contributed by atoms with Gasteiger partial charge in [0.1, 0.15) is 13.2 Å². The first-order valence-corrected chi connectivity index (χ1v) is 14.0. The fourth-order valence-corrected chi connectivity index (χ4v) is 5.67. The zero-order valence-electron chi connectivity index (χ0n) is 20.0. The SMILES string of the molecule is CC[C@H](NC(=O)CCCN(c1ccc2c(c1)OCCO2)S(C)(=O)=O)c1ccc2c(c1)CCCC2. The molecule has 1 amide bonds. The summed E-state index contributed by atoms with van der Waals surface area (Å²) in [5.41, 5.74) is 4.48. The van der Waals surface area contributed by atoms with Crippen molar-refractivity contribution in [3.05, 3.63) is 53.1 Å². The molecule has 1 aliphatic heterocycles. The van der Waals surface area contributed by atoms with E-state index in [-0.39, 0.29) is 24.9 Å². The van der Waals surface area contributed by atoms with E-state index in [0.29, 0.717) is 36.8 Å². The maximum atomic E-state index is 12.7. The second-order valence-electron chi connectivity index (χ2n) is 9.03. The van der Waals surface area contributed by atoms with Crippen LogP contribution in [0.5, 0.6) is 11.5 Å². The fourth-order valence-electron chi connectivity index (χ4n) is 4.71. The predicted molar refractivity (Wildman–Crippen MR) is 133 cm³/mol. The molecule has 2 aliphatic rings. The number of fused-ring (bicyclic) bond motifs is 2. The predicted octanol–water partition coefficient (Wildman–Crippen LogP) is 4.15. The van der Waals surface area contributed by atoms with Crippen LogP contribution in [-0.4, -0.2) is 40.3 Å². The smallest absolute Gasteiger partial charge is 0.232 e.